The quantitative estimate of drug-likeness (QED) is 0.699. The Morgan fingerprint density at radius 2 is 1.96 bits per heavy atom. The smallest absolute Gasteiger partial charge is 0.325 e. The van der Waals surface area contributed by atoms with Crippen molar-refractivity contribution in [3.8, 4) is 11.3 Å². The summed E-state index contributed by atoms with van der Waals surface area (Å²) in [4.78, 5) is 30.8. The van der Waals surface area contributed by atoms with Crippen molar-refractivity contribution >= 4 is 23.5 Å². The Morgan fingerprint density at radius 3 is 2.67 bits per heavy atom. The minimum Gasteiger partial charge on any atom is -0.356 e. The van der Waals surface area contributed by atoms with Crippen LogP contribution >= 0.6 is 11.6 Å². The first kappa shape index (κ1) is 17.2. The predicted octanol–water partition coefficient (Wildman–Crippen LogP) is 3.36. The number of aromatic nitrogens is 2. The summed E-state index contributed by atoms with van der Waals surface area (Å²) in [5.74, 6) is 0.105. The molecule has 7 nitrogen and oxygen atoms in total. The number of hydrogen-bond donors (Lipinski definition) is 1. The minimum atomic E-state index is -1.21. The summed E-state index contributed by atoms with van der Waals surface area (Å²) >= 11 is 5.92. The van der Waals surface area contributed by atoms with Crippen molar-refractivity contribution in [2.75, 3.05) is 0 Å². The van der Waals surface area contributed by atoms with Crippen molar-refractivity contribution in [1.82, 2.24) is 20.4 Å². The molecule has 3 aromatic rings. The van der Waals surface area contributed by atoms with E-state index in [1.165, 1.54) is 6.20 Å². The zero-order valence-corrected chi connectivity index (χ0v) is 15.1. The molecule has 2 aromatic heterocycles. The van der Waals surface area contributed by atoms with Gasteiger partial charge >= 0.3 is 6.03 Å². The van der Waals surface area contributed by atoms with Gasteiger partial charge in [-0.05, 0) is 43.3 Å². The molecule has 1 aromatic carbocycles. The summed E-state index contributed by atoms with van der Waals surface area (Å²) in [7, 11) is 0. The van der Waals surface area contributed by atoms with Crippen molar-refractivity contribution in [1.29, 1.82) is 0 Å². The van der Waals surface area contributed by atoms with Crippen LogP contribution in [-0.2, 0) is 16.9 Å². The van der Waals surface area contributed by atoms with Gasteiger partial charge in [0, 0.05) is 22.3 Å². The number of benzene rings is 1. The Hall–Kier alpha value is -3.19. The van der Waals surface area contributed by atoms with Gasteiger partial charge in [-0.15, -0.1) is 0 Å². The van der Waals surface area contributed by atoms with Crippen LogP contribution in [0.2, 0.25) is 5.02 Å². The Bertz CT molecular complexity index is 1000. The summed E-state index contributed by atoms with van der Waals surface area (Å²) < 4.78 is 5.33. The Labute approximate surface area is 159 Å². The lowest BCUT2D eigenvalue weighted by Crippen LogP contribution is -2.41. The predicted molar refractivity (Wildman–Crippen MR) is 97.6 cm³/mol. The maximum Gasteiger partial charge on any atom is 0.325 e. The number of pyridine rings is 1. The number of rotatable bonds is 4. The van der Waals surface area contributed by atoms with Crippen LogP contribution < -0.4 is 5.32 Å². The summed E-state index contributed by atoms with van der Waals surface area (Å²) in [5.41, 5.74) is 0.641. The number of amides is 3. The third-order valence-electron chi connectivity index (χ3n) is 4.53. The van der Waals surface area contributed by atoms with Crippen molar-refractivity contribution in [2.24, 2.45) is 0 Å². The molecule has 1 atom stereocenters. The lowest BCUT2D eigenvalue weighted by molar-refractivity contribution is -0.131. The SMILES string of the molecule is CC1(c2ccccn2)NC(=O)N(Cc2cnoc2-c2ccc(Cl)cc2)C1=O. The molecule has 0 radical (unpaired) electrons. The highest BCUT2D eigenvalue weighted by atomic mass is 35.5. The van der Waals surface area contributed by atoms with Gasteiger partial charge in [0.25, 0.3) is 5.91 Å². The molecule has 0 aliphatic carbocycles. The van der Waals surface area contributed by atoms with Crippen molar-refractivity contribution in [3.63, 3.8) is 0 Å². The number of urea groups is 1. The highest BCUT2D eigenvalue weighted by molar-refractivity contribution is 6.30. The topological polar surface area (TPSA) is 88.3 Å². The largest absolute Gasteiger partial charge is 0.356 e. The van der Waals surface area contributed by atoms with Gasteiger partial charge in [-0.3, -0.25) is 14.7 Å². The van der Waals surface area contributed by atoms with Crippen molar-refractivity contribution < 1.29 is 14.1 Å². The lowest BCUT2D eigenvalue weighted by Gasteiger charge is -2.20. The Kier molecular flexibility index (Phi) is 4.16. The molecule has 136 valence electrons. The monoisotopic (exact) mass is 382 g/mol. The Morgan fingerprint density at radius 1 is 1.19 bits per heavy atom. The molecular weight excluding hydrogens is 368 g/mol. The number of nitrogens with zero attached hydrogens (tertiary/aromatic N) is 3. The summed E-state index contributed by atoms with van der Waals surface area (Å²) in [6.45, 7) is 1.68. The number of nitrogens with one attached hydrogen (secondary N) is 1. The number of carbonyl (C=O) groups excluding carboxylic acids is 2. The van der Waals surface area contributed by atoms with Crippen LogP contribution in [0.1, 0.15) is 18.2 Å². The molecule has 27 heavy (non-hydrogen) atoms. The molecule has 1 N–H and O–H groups in total. The average Bonchev–Trinajstić information content (AvgIpc) is 3.22. The van der Waals surface area contributed by atoms with Gasteiger partial charge in [-0.2, -0.15) is 0 Å². The Balaban J connectivity index is 1.63. The normalized spacial score (nSPS) is 19.4. The van der Waals surface area contributed by atoms with Gasteiger partial charge in [0.05, 0.1) is 18.4 Å². The highest BCUT2D eigenvalue weighted by Gasteiger charge is 2.50. The van der Waals surface area contributed by atoms with Gasteiger partial charge in [0.1, 0.15) is 0 Å². The molecule has 8 heteroatoms. The van der Waals surface area contributed by atoms with E-state index < -0.39 is 11.6 Å². The molecule has 0 spiro atoms. The highest BCUT2D eigenvalue weighted by Crippen LogP contribution is 2.31. The standard InChI is InChI=1S/C19H15ClN4O3/c1-19(15-4-2-3-9-21-15)17(25)24(18(26)23-19)11-13-10-22-27-16(13)12-5-7-14(20)8-6-12/h2-10H,11H2,1H3,(H,23,26). The fourth-order valence-electron chi connectivity index (χ4n) is 3.05. The maximum absolute atomic E-state index is 13.0. The average molecular weight is 383 g/mol. The molecule has 1 fully saturated rings. The molecule has 0 bridgehead atoms. The van der Waals surface area contributed by atoms with Gasteiger partial charge in [-0.25, -0.2) is 4.79 Å². The molecular formula is C19H15ClN4O3. The van der Waals surface area contributed by atoms with E-state index in [1.54, 1.807) is 55.6 Å². The second kappa shape index (κ2) is 6.51. The van der Waals surface area contributed by atoms with E-state index in [0.717, 1.165) is 10.5 Å². The molecule has 1 aliphatic rings. The third-order valence-corrected chi connectivity index (χ3v) is 4.78. The van der Waals surface area contributed by atoms with Crippen LogP contribution in [0.5, 0.6) is 0 Å². The number of imide groups is 1. The van der Waals surface area contributed by atoms with E-state index in [4.69, 9.17) is 16.1 Å². The van der Waals surface area contributed by atoms with Crippen molar-refractivity contribution in [3.05, 3.63) is 71.1 Å². The third kappa shape index (κ3) is 2.96. The number of hydrogen-bond acceptors (Lipinski definition) is 5. The minimum absolute atomic E-state index is 0.0363. The molecule has 3 amide bonds. The summed E-state index contributed by atoms with van der Waals surface area (Å²) in [6, 6.07) is 11.8. The van der Waals surface area contributed by atoms with Crippen LogP contribution in [0.15, 0.2) is 59.4 Å². The molecule has 4 rings (SSSR count). The van der Waals surface area contributed by atoms with Gasteiger partial charge in [-0.1, -0.05) is 22.8 Å². The maximum atomic E-state index is 13.0. The molecule has 0 saturated carbocycles. The van der Waals surface area contributed by atoms with Gasteiger partial charge in [0.2, 0.25) is 0 Å². The first-order valence-corrected chi connectivity index (χ1v) is 8.62. The first-order valence-electron chi connectivity index (χ1n) is 8.24. The number of halogens is 1. The fourth-order valence-corrected chi connectivity index (χ4v) is 3.18. The summed E-state index contributed by atoms with van der Waals surface area (Å²) in [6.07, 6.45) is 3.09. The molecule has 1 saturated heterocycles. The van der Waals surface area contributed by atoms with Crippen LogP contribution in [0, 0.1) is 0 Å². The van der Waals surface area contributed by atoms with Gasteiger partial charge < -0.3 is 9.84 Å². The van der Waals surface area contributed by atoms with E-state index in [2.05, 4.69) is 15.5 Å². The van der Waals surface area contributed by atoms with Crippen LogP contribution in [0.4, 0.5) is 4.79 Å². The van der Waals surface area contributed by atoms with Gasteiger partial charge in [0.15, 0.2) is 11.3 Å². The van der Waals surface area contributed by atoms with Crippen molar-refractivity contribution in [2.45, 2.75) is 19.0 Å². The number of carbonyl (C=O) groups is 2. The summed E-state index contributed by atoms with van der Waals surface area (Å²) in [5, 5.41) is 7.15. The van der Waals surface area contributed by atoms with Crippen LogP contribution in [0.25, 0.3) is 11.3 Å². The second-order valence-electron chi connectivity index (χ2n) is 6.35. The zero-order valence-electron chi connectivity index (χ0n) is 14.3. The van der Waals surface area contributed by atoms with E-state index in [-0.39, 0.29) is 12.5 Å². The van der Waals surface area contributed by atoms with E-state index in [0.29, 0.717) is 22.0 Å². The van der Waals surface area contributed by atoms with Crippen LogP contribution in [0.3, 0.4) is 0 Å². The zero-order chi connectivity index (χ0) is 19.0. The van der Waals surface area contributed by atoms with E-state index >= 15 is 0 Å². The van der Waals surface area contributed by atoms with E-state index in [9.17, 15) is 9.59 Å². The lowest BCUT2D eigenvalue weighted by atomic mass is 9.97. The fraction of sp³-hybridized carbons (Fsp3) is 0.158. The second-order valence-corrected chi connectivity index (χ2v) is 6.78. The van der Waals surface area contributed by atoms with E-state index in [1.807, 2.05) is 0 Å². The first-order chi connectivity index (χ1) is 13.0. The molecule has 3 heterocycles. The molecule has 1 unspecified atom stereocenters. The van der Waals surface area contributed by atoms with Crippen LogP contribution in [-0.4, -0.2) is 27.0 Å². The molecule has 1 aliphatic heterocycles.